The molecule has 0 amide bonds. The molecule has 1 aromatic rings. The summed E-state index contributed by atoms with van der Waals surface area (Å²) in [5, 5.41) is 14.8. The van der Waals surface area contributed by atoms with Gasteiger partial charge in [0.05, 0.1) is 12.6 Å². The van der Waals surface area contributed by atoms with Crippen LogP contribution in [0.25, 0.3) is 0 Å². The molecule has 19 heavy (non-hydrogen) atoms. The lowest BCUT2D eigenvalue weighted by Crippen LogP contribution is -2.30. The van der Waals surface area contributed by atoms with Crippen molar-refractivity contribution in [3.63, 3.8) is 0 Å². The molecule has 0 atom stereocenters. The van der Waals surface area contributed by atoms with Gasteiger partial charge in [0, 0.05) is 26.2 Å². The van der Waals surface area contributed by atoms with E-state index in [1.54, 1.807) is 4.90 Å². The second kappa shape index (κ2) is 5.71. The van der Waals surface area contributed by atoms with Gasteiger partial charge in [0.2, 0.25) is 10.1 Å². The number of alkyl halides is 3. The van der Waals surface area contributed by atoms with Crippen molar-refractivity contribution >= 4 is 16.5 Å². The van der Waals surface area contributed by atoms with Crippen molar-refractivity contribution in [2.45, 2.75) is 12.6 Å². The van der Waals surface area contributed by atoms with Crippen molar-refractivity contribution in [1.29, 1.82) is 5.26 Å². The van der Waals surface area contributed by atoms with E-state index < -0.39 is 11.2 Å². The Kier molecular flexibility index (Phi) is 4.21. The Hall–Kier alpha value is -1.40. The fraction of sp³-hybridized carbons (Fsp3) is 0.700. The molecule has 2 rings (SSSR count). The quantitative estimate of drug-likeness (QED) is 0.775. The van der Waals surface area contributed by atoms with Gasteiger partial charge < -0.3 is 4.90 Å². The molecule has 0 N–H and O–H groups in total. The lowest BCUT2D eigenvalue weighted by Gasteiger charge is -2.19. The summed E-state index contributed by atoms with van der Waals surface area (Å²) in [6, 6.07) is 2.08. The molecule has 104 valence electrons. The van der Waals surface area contributed by atoms with Crippen LogP contribution < -0.4 is 4.90 Å². The summed E-state index contributed by atoms with van der Waals surface area (Å²) in [7, 11) is 0. The van der Waals surface area contributed by atoms with Crippen LogP contribution in [0.4, 0.5) is 18.3 Å². The maximum atomic E-state index is 12.5. The van der Waals surface area contributed by atoms with Gasteiger partial charge in [-0.25, -0.2) is 0 Å². The minimum Gasteiger partial charge on any atom is -0.345 e. The van der Waals surface area contributed by atoms with Crippen molar-refractivity contribution in [2.75, 3.05) is 37.6 Å². The molecule has 1 fully saturated rings. The number of rotatable bonds is 2. The molecule has 1 saturated heterocycles. The minimum atomic E-state index is -4.44. The molecule has 0 radical (unpaired) electrons. The van der Waals surface area contributed by atoms with Gasteiger partial charge >= 0.3 is 6.18 Å². The van der Waals surface area contributed by atoms with Gasteiger partial charge in [0.25, 0.3) is 0 Å². The van der Waals surface area contributed by atoms with Crippen LogP contribution in [0.3, 0.4) is 0 Å². The standard InChI is InChI=1S/C10H12F3N5S/c11-10(12,13)8-15-16-9(19-8)18-4-1-3-17(5-2-14)6-7-18/h1,3-7H2. The molecule has 0 saturated carbocycles. The maximum absolute atomic E-state index is 12.5. The van der Waals surface area contributed by atoms with Crippen molar-refractivity contribution in [2.24, 2.45) is 0 Å². The average Bonchev–Trinajstić information content (AvgIpc) is 2.72. The zero-order valence-corrected chi connectivity index (χ0v) is 10.8. The largest absolute Gasteiger partial charge is 0.445 e. The normalized spacial score (nSPS) is 18.1. The first-order valence-electron chi connectivity index (χ1n) is 5.75. The van der Waals surface area contributed by atoms with Crippen LogP contribution in [0.1, 0.15) is 11.4 Å². The topological polar surface area (TPSA) is 56.1 Å². The van der Waals surface area contributed by atoms with Gasteiger partial charge in [0.1, 0.15) is 0 Å². The fourth-order valence-electron chi connectivity index (χ4n) is 1.88. The van der Waals surface area contributed by atoms with E-state index >= 15 is 0 Å². The Bertz CT molecular complexity index is 466. The summed E-state index contributed by atoms with van der Waals surface area (Å²) in [5.74, 6) is 0. The molecular weight excluding hydrogens is 279 g/mol. The lowest BCUT2D eigenvalue weighted by molar-refractivity contribution is -0.138. The van der Waals surface area contributed by atoms with Crippen molar-refractivity contribution in [1.82, 2.24) is 15.1 Å². The fourth-order valence-corrected chi connectivity index (χ4v) is 2.64. The van der Waals surface area contributed by atoms with E-state index in [-0.39, 0.29) is 0 Å². The molecule has 9 heteroatoms. The first-order chi connectivity index (χ1) is 9.00. The molecule has 1 aliphatic rings. The number of hydrogen-bond donors (Lipinski definition) is 0. The predicted octanol–water partition coefficient (Wildman–Crippen LogP) is 1.59. The van der Waals surface area contributed by atoms with Gasteiger partial charge in [0.15, 0.2) is 0 Å². The van der Waals surface area contributed by atoms with Gasteiger partial charge in [-0.3, -0.25) is 4.90 Å². The van der Waals surface area contributed by atoms with Crippen LogP contribution in [0, 0.1) is 11.3 Å². The summed E-state index contributed by atoms with van der Waals surface area (Å²) in [5.41, 5.74) is 0. The summed E-state index contributed by atoms with van der Waals surface area (Å²) < 4.78 is 37.4. The highest BCUT2D eigenvalue weighted by molar-refractivity contribution is 7.15. The Morgan fingerprint density at radius 2 is 2.00 bits per heavy atom. The zero-order valence-electron chi connectivity index (χ0n) is 10.0. The van der Waals surface area contributed by atoms with E-state index in [0.29, 0.717) is 42.6 Å². The number of halogens is 3. The summed E-state index contributed by atoms with van der Waals surface area (Å²) in [6.45, 7) is 2.96. The van der Waals surface area contributed by atoms with Crippen LogP contribution in [0.5, 0.6) is 0 Å². The minimum absolute atomic E-state index is 0.297. The van der Waals surface area contributed by atoms with E-state index in [4.69, 9.17) is 5.26 Å². The number of hydrogen-bond acceptors (Lipinski definition) is 6. The third-order valence-corrected chi connectivity index (χ3v) is 3.84. The van der Waals surface area contributed by atoms with Crippen LogP contribution in [-0.4, -0.2) is 47.8 Å². The highest BCUT2D eigenvalue weighted by Crippen LogP contribution is 2.34. The molecule has 1 aromatic heterocycles. The van der Waals surface area contributed by atoms with E-state index in [9.17, 15) is 13.2 Å². The van der Waals surface area contributed by atoms with Crippen molar-refractivity contribution < 1.29 is 13.2 Å². The van der Waals surface area contributed by atoms with Crippen molar-refractivity contribution in [3.8, 4) is 6.07 Å². The van der Waals surface area contributed by atoms with E-state index in [1.165, 1.54) is 0 Å². The predicted molar refractivity (Wildman–Crippen MR) is 63.8 cm³/mol. The first-order valence-corrected chi connectivity index (χ1v) is 6.57. The van der Waals surface area contributed by atoms with E-state index in [2.05, 4.69) is 16.3 Å². The Morgan fingerprint density at radius 1 is 1.21 bits per heavy atom. The molecule has 0 aliphatic carbocycles. The summed E-state index contributed by atoms with van der Waals surface area (Å²) in [6.07, 6.45) is -3.64. The Morgan fingerprint density at radius 3 is 2.63 bits per heavy atom. The van der Waals surface area contributed by atoms with Gasteiger partial charge in [-0.15, -0.1) is 10.2 Å². The molecule has 1 aliphatic heterocycles. The second-order valence-electron chi connectivity index (χ2n) is 4.16. The molecule has 0 spiro atoms. The van der Waals surface area contributed by atoms with Crippen LogP contribution in [0.2, 0.25) is 0 Å². The van der Waals surface area contributed by atoms with Gasteiger partial charge in [-0.2, -0.15) is 18.4 Å². The van der Waals surface area contributed by atoms with Crippen molar-refractivity contribution in [3.05, 3.63) is 5.01 Å². The SMILES string of the molecule is N#CCN1CCCN(c2nnc(C(F)(F)F)s2)CC1. The summed E-state index contributed by atoms with van der Waals surface area (Å²) >= 11 is 0.565. The smallest absolute Gasteiger partial charge is 0.345 e. The monoisotopic (exact) mass is 291 g/mol. The molecule has 0 aromatic carbocycles. The number of aromatic nitrogens is 2. The number of nitriles is 1. The highest BCUT2D eigenvalue weighted by atomic mass is 32.1. The van der Waals surface area contributed by atoms with E-state index in [1.807, 2.05) is 4.90 Å². The second-order valence-corrected chi connectivity index (χ2v) is 5.12. The lowest BCUT2D eigenvalue weighted by atomic mass is 10.4. The zero-order chi connectivity index (χ0) is 13.9. The third-order valence-electron chi connectivity index (χ3n) is 2.81. The average molecular weight is 291 g/mol. The van der Waals surface area contributed by atoms with Crippen LogP contribution in [0.15, 0.2) is 0 Å². The third kappa shape index (κ3) is 3.54. The molecule has 0 unspecified atom stereocenters. The summed E-state index contributed by atoms with van der Waals surface area (Å²) in [4.78, 5) is 3.77. The van der Waals surface area contributed by atoms with E-state index in [0.717, 1.165) is 13.0 Å². The maximum Gasteiger partial charge on any atom is 0.445 e. The number of anilines is 1. The molecular formula is C10H12F3N5S. The molecule has 0 bridgehead atoms. The van der Waals surface area contributed by atoms with Gasteiger partial charge in [-0.1, -0.05) is 11.3 Å². The highest BCUT2D eigenvalue weighted by Gasteiger charge is 2.36. The Labute approximate surface area is 112 Å². The van der Waals surface area contributed by atoms with Crippen LogP contribution in [-0.2, 0) is 6.18 Å². The number of nitrogens with zero attached hydrogens (tertiary/aromatic N) is 5. The first kappa shape index (κ1) is 14.0. The van der Waals surface area contributed by atoms with Gasteiger partial charge in [-0.05, 0) is 6.42 Å². The molecule has 5 nitrogen and oxygen atoms in total. The molecule has 2 heterocycles. The van der Waals surface area contributed by atoms with Crippen LogP contribution >= 0.6 is 11.3 Å². The Balaban J connectivity index is 2.03.